The van der Waals surface area contributed by atoms with E-state index in [-0.39, 0.29) is 41.2 Å². The van der Waals surface area contributed by atoms with E-state index >= 15 is 0 Å². The molecule has 6 N–H and O–H groups in total. The summed E-state index contributed by atoms with van der Waals surface area (Å²) in [7, 11) is 0. The Bertz CT molecular complexity index is 1200. The number of rotatable bonds is 6. The molecule has 4 saturated carbocycles. The van der Waals surface area contributed by atoms with Gasteiger partial charge in [0.15, 0.2) is 12.6 Å². The zero-order valence-electron chi connectivity index (χ0n) is 27.8. The first-order chi connectivity index (χ1) is 22.3. The van der Waals surface area contributed by atoms with Crippen LogP contribution in [0, 0.1) is 34.5 Å². The van der Waals surface area contributed by atoms with Gasteiger partial charge in [0.2, 0.25) is 0 Å². The van der Waals surface area contributed by atoms with Gasteiger partial charge in [-0.05, 0) is 99.4 Å². The van der Waals surface area contributed by atoms with Crippen molar-refractivity contribution in [3.63, 3.8) is 0 Å². The monoisotopic (exact) mass is 666 g/mol. The lowest BCUT2D eigenvalue weighted by atomic mass is 9.43. The third-order valence-corrected chi connectivity index (χ3v) is 14.1. The van der Waals surface area contributed by atoms with Crippen molar-refractivity contribution in [2.24, 2.45) is 34.5 Å². The van der Waals surface area contributed by atoms with Gasteiger partial charge in [0.05, 0.1) is 30.5 Å². The third kappa shape index (κ3) is 5.53. The molecular weight excluding hydrogens is 612 g/mol. The van der Waals surface area contributed by atoms with Crippen molar-refractivity contribution in [1.82, 2.24) is 0 Å². The van der Waals surface area contributed by atoms with Gasteiger partial charge in [0, 0.05) is 17.9 Å². The normalized spacial score (nSPS) is 54.7. The predicted octanol–water partition coefficient (Wildman–Crippen LogP) is 1.31. The number of aliphatic hydroxyl groups is 6. The smallest absolute Gasteiger partial charge is 0.331 e. The van der Waals surface area contributed by atoms with Crippen molar-refractivity contribution in [3.05, 3.63) is 11.6 Å². The van der Waals surface area contributed by atoms with E-state index in [2.05, 4.69) is 13.8 Å². The molecule has 12 heteroatoms. The summed E-state index contributed by atoms with van der Waals surface area (Å²) in [5.74, 6) is 1.06. The van der Waals surface area contributed by atoms with E-state index in [1.807, 2.05) is 0 Å². The van der Waals surface area contributed by atoms with Crippen LogP contribution in [-0.4, -0.2) is 117 Å². The zero-order chi connectivity index (χ0) is 33.5. The Hall–Kier alpha value is -1.19. The molecule has 0 aromatic rings. The van der Waals surface area contributed by atoms with Gasteiger partial charge in [0.25, 0.3) is 0 Å². The van der Waals surface area contributed by atoms with E-state index < -0.39 is 67.5 Å². The van der Waals surface area contributed by atoms with Gasteiger partial charge in [-0.15, -0.1) is 0 Å². The number of esters is 1. The maximum Gasteiger partial charge on any atom is 0.331 e. The first kappa shape index (κ1) is 34.3. The SMILES string of the molecule is C[C@H]1O[C@@H](O[C@H]2CC[C@@]3(C)[C@H](CC[C@@H]4[C@@H]3CC[C@]3(C)[C@@H](C5=CC(=O)OC5)CC[C@]43O)C2)C[C@@H](O)[C@@H]1O[C@@H]1O[C@H](CO)[C@@H](O)[C@H](O)[C@H]1O. The number of hydrogen-bond donors (Lipinski definition) is 6. The van der Waals surface area contributed by atoms with Crippen LogP contribution in [0.4, 0.5) is 0 Å². The van der Waals surface area contributed by atoms with E-state index in [1.165, 1.54) is 0 Å². The average Bonchev–Trinajstić information content (AvgIpc) is 3.58. The van der Waals surface area contributed by atoms with Gasteiger partial charge in [-0.25, -0.2) is 4.79 Å². The molecule has 3 aliphatic heterocycles. The number of fused-ring (bicyclic) bond motifs is 5. The summed E-state index contributed by atoms with van der Waals surface area (Å²) in [6.07, 6.45) is 0.0861. The number of carbonyl (C=O) groups is 1. The van der Waals surface area contributed by atoms with Crippen molar-refractivity contribution in [1.29, 1.82) is 0 Å². The molecule has 17 atom stereocenters. The first-order valence-corrected chi connectivity index (χ1v) is 17.8. The number of ether oxygens (including phenoxy) is 5. The minimum absolute atomic E-state index is 0.0171. The van der Waals surface area contributed by atoms with E-state index in [1.54, 1.807) is 13.0 Å². The Morgan fingerprint density at radius 1 is 0.894 bits per heavy atom. The van der Waals surface area contributed by atoms with Crippen molar-refractivity contribution in [2.75, 3.05) is 13.2 Å². The van der Waals surface area contributed by atoms with E-state index in [9.17, 15) is 35.4 Å². The second kappa shape index (κ2) is 12.5. The van der Waals surface area contributed by atoms with Crippen LogP contribution in [0.1, 0.15) is 85.0 Å². The maximum atomic E-state index is 12.5. The maximum absolute atomic E-state index is 12.5. The molecule has 7 rings (SSSR count). The average molecular weight is 667 g/mol. The van der Waals surface area contributed by atoms with Crippen LogP contribution in [-0.2, 0) is 28.5 Å². The minimum atomic E-state index is -1.57. The topological polar surface area (TPSA) is 185 Å². The summed E-state index contributed by atoms with van der Waals surface area (Å²) in [5, 5.41) is 63.6. The van der Waals surface area contributed by atoms with Crippen LogP contribution in [0.15, 0.2) is 11.6 Å². The fourth-order valence-electron chi connectivity index (χ4n) is 11.3. The molecule has 3 heterocycles. The molecule has 0 radical (unpaired) electrons. The van der Waals surface area contributed by atoms with Crippen molar-refractivity contribution in [3.8, 4) is 0 Å². The molecule has 47 heavy (non-hydrogen) atoms. The summed E-state index contributed by atoms with van der Waals surface area (Å²) in [6.45, 7) is 6.22. The summed E-state index contributed by atoms with van der Waals surface area (Å²) in [6, 6.07) is 0. The second-order valence-electron chi connectivity index (χ2n) is 16.2. The molecule has 2 saturated heterocycles. The minimum Gasteiger partial charge on any atom is -0.458 e. The van der Waals surface area contributed by atoms with Crippen LogP contribution in [0.5, 0.6) is 0 Å². The molecule has 7 aliphatic rings. The highest BCUT2D eigenvalue weighted by Crippen LogP contribution is 2.70. The molecule has 12 nitrogen and oxygen atoms in total. The fraction of sp³-hybridized carbons (Fsp3) is 0.914. The number of aliphatic hydroxyl groups excluding tert-OH is 5. The third-order valence-electron chi connectivity index (χ3n) is 14.1. The van der Waals surface area contributed by atoms with Gasteiger partial charge < -0.3 is 54.3 Å². The summed E-state index contributed by atoms with van der Waals surface area (Å²) < 4.78 is 29.2. The standard InChI is InChI=1S/C35H54O12/c1-17-31(47-32-30(41)29(40)28(39)25(15-36)46-32)24(37)14-27(44-17)45-20-6-9-33(2)19(13-20)4-5-23-22(33)7-10-34(3)21(8-11-35(23,34)42)18-12-26(38)43-16-18/h12,17,19-25,27-32,36-37,39-42H,4-11,13-16H2,1-3H3/t17-,19-,20+,21-,22+,23-,24-,25-,27+,28-,29+,30-,31-,32+,33+,34-,35+/m1/s1. The lowest BCUT2D eigenvalue weighted by Gasteiger charge is -2.64. The highest BCUT2D eigenvalue weighted by atomic mass is 16.7. The molecule has 4 aliphatic carbocycles. The molecule has 0 bridgehead atoms. The van der Waals surface area contributed by atoms with Crippen molar-refractivity contribution in [2.45, 2.75) is 152 Å². The zero-order valence-corrected chi connectivity index (χ0v) is 27.8. The fourth-order valence-corrected chi connectivity index (χ4v) is 11.3. The molecule has 0 unspecified atom stereocenters. The van der Waals surface area contributed by atoms with Crippen molar-refractivity contribution < 1.29 is 59.1 Å². The van der Waals surface area contributed by atoms with E-state index in [4.69, 9.17) is 23.7 Å². The predicted molar refractivity (Wildman–Crippen MR) is 164 cm³/mol. The van der Waals surface area contributed by atoms with Gasteiger partial charge in [-0.1, -0.05) is 13.8 Å². The van der Waals surface area contributed by atoms with Crippen LogP contribution >= 0.6 is 0 Å². The molecular formula is C35H54O12. The summed E-state index contributed by atoms with van der Waals surface area (Å²) in [5.41, 5.74) is 0.164. The second-order valence-corrected chi connectivity index (χ2v) is 16.2. The molecule has 0 spiro atoms. The first-order valence-electron chi connectivity index (χ1n) is 17.8. The van der Waals surface area contributed by atoms with Gasteiger partial charge in [-0.3, -0.25) is 0 Å². The quantitative estimate of drug-likeness (QED) is 0.177. The van der Waals surface area contributed by atoms with Gasteiger partial charge >= 0.3 is 5.97 Å². The molecule has 0 aromatic heterocycles. The number of cyclic esters (lactones) is 1. The highest BCUT2D eigenvalue weighted by Gasteiger charge is 2.67. The summed E-state index contributed by atoms with van der Waals surface area (Å²) in [4.78, 5) is 11.9. The Morgan fingerprint density at radius 2 is 1.68 bits per heavy atom. The lowest BCUT2D eigenvalue weighted by molar-refractivity contribution is -0.344. The number of hydrogen-bond acceptors (Lipinski definition) is 12. The van der Waals surface area contributed by atoms with Crippen LogP contribution in [0.25, 0.3) is 0 Å². The van der Waals surface area contributed by atoms with E-state index in [0.717, 1.165) is 63.4 Å². The Kier molecular flexibility index (Phi) is 9.14. The highest BCUT2D eigenvalue weighted by molar-refractivity contribution is 5.85. The molecule has 0 aromatic carbocycles. The van der Waals surface area contributed by atoms with E-state index in [0.29, 0.717) is 18.4 Å². The van der Waals surface area contributed by atoms with Gasteiger partial charge in [0.1, 0.15) is 37.1 Å². The summed E-state index contributed by atoms with van der Waals surface area (Å²) >= 11 is 0. The molecule has 6 fully saturated rings. The number of carbonyl (C=O) groups excluding carboxylic acids is 1. The largest absolute Gasteiger partial charge is 0.458 e. The van der Waals surface area contributed by atoms with Crippen LogP contribution in [0.3, 0.4) is 0 Å². The molecule has 266 valence electrons. The van der Waals surface area contributed by atoms with Crippen molar-refractivity contribution >= 4 is 5.97 Å². The lowest BCUT2D eigenvalue weighted by Crippen LogP contribution is -2.62. The molecule has 0 amide bonds. The Labute approximate surface area is 276 Å². The Balaban J connectivity index is 0.958. The van der Waals surface area contributed by atoms with Crippen LogP contribution < -0.4 is 0 Å². The van der Waals surface area contributed by atoms with Gasteiger partial charge in [-0.2, -0.15) is 0 Å². The van der Waals surface area contributed by atoms with Crippen LogP contribution in [0.2, 0.25) is 0 Å². The Morgan fingerprint density at radius 3 is 2.38 bits per heavy atom.